The van der Waals surface area contributed by atoms with E-state index in [0.29, 0.717) is 5.69 Å². The quantitative estimate of drug-likeness (QED) is 0.432. The van der Waals surface area contributed by atoms with Crippen molar-refractivity contribution in [2.24, 2.45) is 5.10 Å². The Hall–Kier alpha value is -3.25. The first-order valence-electron chi connectivity index (χ1n) is 7.71. The van der Waals surface area contributed by atoms with Crippen LogP contribution in [0.25, 0.3) is 22.0 Å². The minimum absolute atomic E-state index is 0.327. The fraction of sp³-hybridized carbons (Fsp3) is 0. The Morgan fingerprint density at radius 1 is 1.08 bits per heavy atom. The number of rotatable bonds is 4. The number of carbonyl (C=O) groups excluding carboxylic acids is 1. The highest BCUT2D eigenvalue weighted by molar-refractivity contribution is 7.11. The van der Waals surface area contributed by atoms with Crippen molar-refractivity contribution in [1.82, 2.24) is 15.6 Å². The number of fused-ring (bicyclic) bond motifs is 1. The van der Waals surface area contributed by atoms with Gasteiger partial charge in [-0.2, -0.15) is 10.2 Å². The van der Waals surface area contributed by atoms with E-state index >= 15 is 0 Å². The van der Waals surface area contributed by atoms with Crippen LogP contribution in [0.3, 0.4) is 0 Å². The SMILES string of the molecule is O=C(NN=Cc1cccs1)c1cc(-c2ccc3ccccc3c2)n[nH]1. The van der Waals surface area contributed by atoms with Crippen molar-refractivity contribution in [3.8, 4) is 11.3 Å². The van der Waals surface area contributed by atoms with Gasteiger partial charge in [0, 0.05) is 10.4 Å². The maximum atomic E-state index is 12.1. The lowest BCUT2D eigenvalue weighted by Crippen LogP contribution is -2.17. The second kappa shape index (κ2) is 6.70. The van der Waals surface area contributed by atoms with E-state index in [1.165, 1.54) is 5.39 Å². The van der Waals surface area contributed by atoms with Crippen molar-refractivity contribution in [2.75, 3.05) is 0 Å². The van der Waals surface area contributed by atoms with Gasteiger partial charge in [-0.25, -0.2) is 5.43 Å². The largest absolute Gasteiger partial charge is 0.289 e. The lowest BCUT2D eigenvalue weighted by molar-refractivity contribution is 0.0950. The zero-order chi connectivity index (χ0) is 17.1. The standard InChI is InChI=1S/C19H14N4OS/c24-19(23-20-12-16-6-3-9-25-16)18-11-17(21-22-18)15-8-7-13-4-1-2-5-14(13)10-15/h1-12H,(H,21,22)(H,23,24). The molecule has 122 valence electrons. The van der Waals surface area contributed by atoms with Gasteiger partial charge in [-0.1, -0.05) is 42.5 Å². The second-order valence-corrected chi connectivity index (χ2v) is 6.42. The first-order chi connectivity index (χ1) is 12.3. The number of aromatic amines is 1. The summed E-state index contributed by atoms with van der Waals surface area (Å²) in [4.78, 5) is 13.1. The van der Waals surface area contributed by atoms with Gasteiger partial charge in [-0.05, 0) is 34.4 Å². The summed E-state index contributed by atoms with van der Waals surface area (Å²) >= 11 is 1.55. The summed E-state index contributed by atoms with van der Waals surface area (Å²) in [6.07, 6.45) is 1.61. The highest BCUT2D eigenvalue weighted by atomic mass is 32.1. The Balaban J connectivity index is 1.51. The number of nitrogens with zero attached hydrogens (tertiary/aromatic N) is 2. The number of hydrazone groups is 1. The molecule has 0 saturated heterocycles. The predicted octanol–water partition coefficient (Wildman–Crippen LogP) is 4.06. The second-order valence-electron chi connectivity index (χ2n) is 5.44. The van der Waals surface area contributed by atoms with Crippen LogP contribution in [0, 0.1) is 0 Å². The summed E-state index contributed by atoms with van der Waals surface area (Å²) in [7, 11) is 0. The maximum Gasteiger partial charge on any atom is 0.289 e. The molecule has 6 heteroatoms. The normalized spacial score (nSPS) is 11.2. The third-order valence-electron chi connectivity index (χ3n) is 3.77. The molecule has 2 aromatic carbocycles. The van der Waals surface area contributed by atoms with Crippen LogP contribution in [-0.2, 0) is 0 Å². The van der Waals surface area contributed by atoms with Gasteiger partial charge >= 0.3 is 0 Å². The topological polar surface area (TPSA) is 70.1 Å². The molecule has 0 aliphatic heterocycles. The van der Waals surface area contributed by atoms with Crippen LogP contribution in [0.5, 0.6) is 0 Å². The van der Waals surface area contributed by atoms with E-state index in [4.69, 9.17) is 0 Å². The zero-order valence-corrected chi connectivity index (χ0v) is 14.0. The predicted molar refractivity (Wildman–Crippen MR) is 101 cm³/mol. The van der Waals surface area contributed by atoms with E-state index in [-0.39, 0.29) is 5.91 Å². The van der Waals surface area contributed by atoms with Gasteiger partial charge < -0.3 is 0 Å². The number of aromatic nitrogens is 2. The molecule has 0 saturated carbocycles. The summed E-state index contributed by atoms with van der Waals surface area (Å²) in [5.74, 6) is -0.327. The summed E-state index contributed by atoms with van der Waals surface area (Å²) in [5.41, 5.74) is 4.54. The van der Waals surface area contributed by atoms with Gasteiger partial charge in [-0.15, -0.1) is 11.3 Å². The molecular formula is C19H14N4OS. The number of nitrogens with one attached hydrogen (secondary N) is 2. The van der Waals surface area contributed by atoms with Gasteiger partial charge in [0.2, 0.25) is 0 Å². The molecule has 4 rings (SSSR count). The number of hydrogen-bond acceptors (Lipinski definition) is 4. The first-order valence-corrected chi connectivity index (χ1v) is 8.59. The van der Waals surface area contributed by atoms with E-state index in [2.05, 4.69) is 38.9 Å². The van der Waals surface area contributed by atoms with Crippen molar-refractivity contribution >= 4 is 34.2 Å². The van der Waals surface area contributed by atoms with E-state index in [9.17, 15) is 4.79 Å². The molecule has 4 aromatic rings. The highest BCUT2D eigenvalue weighted by Gasteiger charge is 2.10. The molecule has 0 aliphatic rings. The van der Waals surface area contributed by atoms with Gasteiger partial charge in [0.25, 0.3) is 5.91 Å². The Kier molecular flexibility index (Phi) is 4.10. The molecule has 2 heterocycles. The fourth-order valence-corrected chi connectivity index (χ4v) is 3.10. The van der Waals surface area contributed by atoms with Crippen molar-refractivity contribution in [2.45, 2.75) is 0 Å². The molecule has 0 radical (unpaired) electrons. The molecule has 0 aliphatic carbocycles. The third kappa shape index (κ3) is 3.34. The number of hydrogen-bond donors (Lipinski definition) is 2. The monoisotopic (exact) mass is 346 g/mol. The Morgan fingerprint density at radius 3 is 2.80 bits per heavy atom. The number of amides is 1. The van der Waals surface area contributed by atoms with Gasteiger partial charge in [0.05, 0.1) is 11.9 Å². The molecule has 5 nitrogen and oxygen atoms in total. The molecule has 0 unspecified atom stereocenters. The van der Waals surface area contributed by atoms with Crippen LogP contribution >= 0.6 is 11.3 Å². The van der Waals surface area contributed by atoms with Crippen LogP contribution in [0.4, 0.5) is 0 Å². The van der Waals surface area contributed by atoms with Crippen molar-refractivity contribution in [1.29, 1.82) is 0 Å². The van der Waals surface area contributed by atoms with Crippen LogP contribution in [-0.4, -0.2) is 22.3 Å². The first kappa shape index (κ1) is 15.3. The van der Waals surface area contributed by atoms with Gasteiger partial charge in [0.1, 0.15) is 5.69 Å². The molecular weight excluding hydrogens is 332 g/mol. The molecule has 2 aromatic heterocycles. The fourth-order valence-electron chi connectivity index (χ4n) is 2.51. The van der Waals surface area contributed by atoms with Crippen LogP contribution < -0.4 is 5.43 Å². The third-order valence-corrected chi connectivity index (χ3v) is 4.58. The minimum atomic E-state index is -0.327. The van der Waals surface area contributed by atoms with Gasteiger partial charge in [-0.3, -0.25) is 9.89 Å². The van der Waals surface area contributed by atoms with E-state index in [0.717, 1.165) is 21.5 Å². The molecule has 0 bridgehead atoms. The lowest BCUT2D eigenvalue weighted by atomic mass is 10.1. The van der Waals surface area contributed by atoms with Crippen LogP contribution in [0.15, 0.2) is 71.1 Å². The summed E-state index contributed by atoms with van der Waals surface area (Å²) in [6, 6.07) is 19.8. The smallest absolute Gasteiger partial charge is 0.272 e. The summed E-state index contributed by atoms with van der Waals surface area (Å²) in [6.45, 7) is 0. The Morgan fingerprint density at radius 2 is 1.96 bits per heavy atom. The van der Waals surface area contributed by atoms with Crippen LogP contribution in [0.2, 0.25) is 0 Å². The van der Waals surface area contributed by atoms with Crippen molar-refractivity contribution in [3.63, 3.8) is 0 Å². The number of H-pyrrole nitrogens is 1. The summed E-state index contributed by atoms with van der Waals surface area (Å²) in [5, 5.41) is 15.2. The number of carbonyl (C=O) groups is 1. The highest BCUT2D eigenvalue weighted by Crippen LogP contribution is 2.23. The molecule has 0 spiro atoms. The van der Waals surface area contributed by atoms with E-state index in [1.807, 2.05) is 41.8 Å². The minimum Gasteiger partial charge on any atom is -0.272 e. The number of benzene rings is 2. The average Bonchev–Trinajstić information content (AvgIpc) is 3.33. The van der Waals surface area contributed by atoms with E-state index in [1.54, 1.807) is 23.6 Å². The average molecular weight is 346 g/mol. The molecule has 0 atom stereocenters. The Labute approximate surface area is 148 Å². The summed E-state index contributed by atoms with van der Waals surface area (Å²) < 4.78 is 0. The molecule has 2 N–H and O–H groups in total. The number of thiophene rings is 1. The molecule has 25 heavy (non-hydrogen) atoms. The van der Waals surface area contributed by atoms with Crippen LogP contribution in [0.1, 0.15) is 15.4 Å². The lowest BCUT2D eigenvalue weighted by Gasteiger charge is -2.00. The maximum absolute atomic E-state index is 12.1. The van der Waals surface area contributed by atoms with Crippen molar-refractivity contribution in [3.05, 3.63) is 76.6 Å². The Bertz CT molecular complexity index is 1050. The molecule has 0 fully saturated rings. The van der Waals surface area contributed by atoms with Crippen molar-refractivity contribution < 1.29 is 4.79 Å². The molecule has 1 amide bonds. The zero-order valence-electron chi connectivity index (χ0n) is 13.1. The van der Waals surface area contributed by atoms with Gasteiger partial charge in [0.15, 0.2) is 0 Å². The van der Waals surface area contributed by atoms with E-state index < -0.39 is 0 Å².